The Bertz CT molecular complexity index is 1440. The number of aliphatic hydroxyl groups excluding tert-OH is 1. The van der Waals surface area contributed by atoms with E-state index in [1.165, 1.54) is 35.6 Å². The number of carbonyl (C=O) groups is 2. The van der Waals surface area contributed by atoms with Crippen molar-refractivity contribution in [3.05, 3.63) is 70.5 Å². The lowest BCUT2D eigenvalue weighted by Crippen LogP contribution is -2.68. The van der Waals surface area contributed by atoms with Gasteiger partial charge in [0.25, 0.3) is 0 Å². The van der Waals surface area contributed by atoms with Crippen LogP contribution in [0, 0.1) is 34.4 Å². The number of hydrogen-bond acceptors (Lipinski definition) is 6. The van der Waals surface area contributed by atoms with Gasteiger partial charge in [-0.25, -0.2) is 13.8 Å². The summed E-state index contributed by atoms with van der Waals surface area (Å²) in [5, 5.41) is 28.8. The van der Waals surface area contributed by atoms with Gasteiger partial charge in [-0.1, -0.05) is 37.6 Å². The number of carbonyl (C=O) groups excluding carboxylic acids is 2. The maximum Gasteiger partial charge on any atom is 0.230 e. The van der Waals surface area contributed by atoms with E-state index in [4.69, 9.17) is 0 Å². The fourth-order valence-corrected chi connectivity index (χ4v) is 9.33. The van der Waals surface area contributed by atoms with Crippen LogP contribution in [0.25, 0.3) is 0 Å². The predicted molar refractivity (Wildman–Crippen MR) is 148 cm³/mol. The molecule has 0 saturated heterocycles. The molecule has 9 heteroatoms. The molecule has 212 valence electrons. The second kappa shape index (κ2) is 9.13. The summed E-state index contributed by atoms with van der Waals surface area (Å²) in [6.07, 6.45) is 4.92. The third-order valence-electron chi connectivity index (χ3n) is 10.6. The van der Waals surface area contributed by atoms with E-state index in [0.717, 1.165) is 5.57 Å². The Kier molecular flexibility index (Phi) is 6.26. The third-order valence-corrected chi connectivity index (χ3v) is 11.4. The molecule has 3 saturated carbocycles. The minimum Gasteiger partial charge on any atom is -0.390 e. The standard InChI is InChI=1S/C31H34F2N2O4S/c1-17-12-23-22-9-6-19-14-21(36)10-11-28(19,2)30(22,33)25(37)15-29(23,3)31(17,39)24-16-40-27(34-24)35-26(38)13-18-4-7-20(32)8-5-18/h4-5,7-8,10-11,14,16-17,22-23,25,37,39H,6,9,12-13,15H2,1-3H3,(H,34,35,38). The Morgan fingerprint density at radius 3 is 2.67 bits per heavy atom. The summed E-state index contributed by atoms with van der Waals surface area (Å²) in [4.78, 5) is 29.3. The molecule has 4 aliphatic rings. The van der Waals surface area contributed by atoms with Crippen molar-refractivity contribution < 1.29 is 28.6 Å². The van der Waals surface area contributed by atoms with Gasteiger partial charge in [0.15, 0.2) is 16.6 Å². The molecule has 8 atom stereocenters. The number of ketones is 1. The van der Waals surface area contributed by atoms with E-state index in [1.54, 1.807) is 30.5 Å². The van der Waals surface area contributed by atoms with Crippen LogP contribution in [0.5, 0.6) is 0 Å². The van der Waals surface area contributed by atoms with Crippen LogP contribution >= 0.6 is 11.3 Å². The molecule has 1 aromatic carbocycles. The number of fused-ring (bicyclic) bond motifs is 5. The van der Waals surface area contributed by atoms with Gasteiger partial charge in [0.1, 0.15) is 11.4 Å². The number of amides is 1. The number of nitrogens with zero attached hydrogens (tertiary/aromatic N) is 1. The van der Waals surface area contributed by atoms with Gasteiger partial charge >= 0.3 is 0 Å². The van der Waals surface area contributed by atoms with E-state index >= 15 is 4.39 Å². The van der Waals surface area contributed by atoms with Crippen molar-refractivity contribution in [2.45, 2.75) is 70.2 Å². The second-order valence-corrected chi connectivity index (χ2v) is 13.4. The number of rotatable bonds is 4. The number of anilines is 1. The SMILES string of the molecule is CC1CC2C3CCC4=CC(=O)C=CC4(C)C3(F)C(O)CC2(C)C1(O)c1csc(NC(=O)Cc2ccc(F)cc2)n1. The average molecular weight is 569 g/mol. The monoisotopic (exact) mass is 568 g/mol. The van der Waals surface area contributed by atoms with Crippen LogP contribution < -0.4 is 5.32 Å². The van der Waals surface area contributed by atoms with E-state index in [1.807, 2.05) is 13.8 Å². The Labute approximate surface area is 236 Å². The highest BCUT2D eigenvalue weighted by Gasteiger charge is 2.74. The molecule has 3 N–H and O–H groups in total. The molecule has 4 aliphatic carbocycles. The smallest absolute Gasteiger partial charge is 0.230 e. The fraction of sp³-hybridized carbons (Fsp3) is 0.516. The van der Waals surface area contributed by atoms with Crippen molar-refractivity contribution in [3.63, 3.8) is 0 Å². The second-order valence-electron chi connectivity index (χ2n) is 12.6. The lowest BCUT2D eigenvalue weighted by molar-refractivity contribution is -0.223. The van der Waals surface area contributed by atoms with Crippen LogP contribution in [0.2, 0.25) is 0 Å². The minimum absolute atomic E-state index is 0.0416. The summed E-state index contributed by atoms with van der Waals surface area (Å²) >= 11 is 1.21. The van der Waals surface area contributed by atoms with Crippen LogP contribution in [-0.4, -0.2) is 38.7 Å². The van der Waals surface area contributed by atoms with Crippen molar-refractivity contribution in [1.29, 1.82) is 0 Å². The lowest BCUT2D eigenvalue weighted by Gasteiger charge is -2.62. The highest BCUT2D eigenvalue weighted by atomic mass is 32.1. The van der Waals surface area contributed by atoms with Crippen molar-refractivity contribution in [1.82, 2.24) is 4.98 Å². The number of aliphatic hydroxyl groups is 2. The zero-order valence-corrected chi connectivity index (χ0v) is 23.6. The van der Waals surface area contributed by atoms with Crippen molar-refractivity contribution in [2.24, 2.45) is 28.6 Å². The lowest BCUT2D eigenvalue weighted by atomic mass is 9.44. The summed E-state index contributed by atoms with van der Waals surface area (Å²) in [6, 6.07) is 5.71. The Morgan fingerprint density at radius 1 is 1.23 bits per heavy atom. The van der Waals surface area contributed by atoms with Crippen molar-refractivity contribution in [3.8, 4) is 0 Å². The number of halogens is 2. The van der Waals surface area contributed by atoms with Crippen molar-refractivity contribution >= 4 is 28.2 Å². The third kappa shape index (κ3) is 3.66. The largest absolute Gasteiger partial charge is 0.390 e. The molecule has 6 nitrogen and oxygen atoms in total. The molecule has 0 spiro atoms. The first kappa shape index (κ1) is 27.4. The maximum absolute atomic E-state index is 17.4. The highest BCUT2D eigenvalue weighted by molar-refractivity contribution is 7.14. The molecule has 1 amide bonds. The van der Waals surface area contributed by atoms with E-state index < -0.39 is 34.1 Å². The summed E-state index contributed by atoms with van der Waals surface area (Å²) in [5.41, 5.74) is -3.55. The van der Waals surface area contributed by atoms with Gasteiger partial charge in [0.05, 0.1) is 18.2 Å². The van der Waals surface area contributed by atoms with E-state index in [-0.39, 0.29) is 42.2 Å². The number of aromatic nitrogens is 1. The predicted octanol–water partition coefficient (Wildman–Crippen LogP) is 5.27. The van der Waals surface area contributed by atoms with Gasteiger partial charge in [-0.15, -0.1) is 11.3 Å². The summed E-state index contributed by atoms with van der Waals surface area (Å²) in [5.74, 6) is -1.83. The van der Waals surface area contributed by atoms with Crippen LogP contribution in [-0.2, 0) is 21.6 Å². The van der Waals surface area contributed by atoms with Gasteiger partial charge in [-0.3, -0.25) is 9.59 Å². The molecule has 6 rings (SSSR count). The number of nitrogens with one attached hydrogen (secondary N) is 1. The number of thiazole rings is 1. The molecule has 0 radical (unpaired) electrons. The molecule has 2 aromatic rings. The molecule has 3 fully saturated rings. The first-order chi connectivity index (χ1) is 18.8. The first-order valence-corrected chi connectivity index (χ1v) is 14.7. The summed E-state index contributed by atoms with van der Waals surface area (Å²) in [7, 11) is 0. The van der Waals surface area contributed by atoms with Gasteiger partial charge in [0, 0.05) is 22.1 Å². The average Bonchev–Trinajstić information content (AvgIpc) is 3.44. The highest BCUT2D eigenvalue weighted by Crippen LogP contribution is 2.72. The molecule has 0 aliphatic heterocycles. The van der Waals surface area contributed by atoms with Crippen LogP contribution in [0.4, 0.5) is 13.9 Å². The molecule has 40 heavy (non-hydrogen) atoms. The Morgan fingerprint density at radius 2 is 1.95 bits per heavy atom. The number of alkyl halides is 1. The van der Waals surface area contributed by atoms with E-state index in [2.05, 4.69) is 10.3 Å². The first-order valence-electron chi connectivity index (χ1n) is 13.9. The molecule has 0 bridgehead atoms. The topological polar surface area (TPSA) is 99.5 Å². The fourth-order valence-electron chi connectivity index (χ4n) is 8.55. The number of benzene rings is 1. The zero-order chi connectivity index (χ0) is 28.7. The maximum atomic E-state index is 17.4. The van der Waals surface area contributed by atoms with Crippen LogP contribution in [0.3, 0.4) is 0 Å². The van der Waals surface area contributed by atoms with Gasteiger partial charge in [-0.05, 0) is 74.3 Å². The molecular weight excluding hydrogens is 534 g/mol. The summed E-state index contributed by atoms with van der Waals surface area (Å²) < 4.78 is 30.6. The number of allylic oxidation sites excluding steroid dienone is 4. The Balaban J connectivity index is 1.28. The molecule has 8 unspecified atom stereocenters. The quantitative estimate of drug-likeness (QED) is 0.467. The van der Waals surface area contributed by atoms with E-state index in [0.29, 0.717) is 35.7 Å². The molecule has 1 heterocycles. The number of hydrogen-bond donors (Lipinski definition) is 3. The normalized spacial score (nSPS) is 40.2. The van der Waals surface area contributed by atoms with Gasteiger partial charge < -0.3 is 15.5 Å². The Hall–Kier alpha value is -2.75. The van der Waals surface area contributed by atoms with Gasteiger partial charge in [0.2, 0.25) is 5.91 Å². The molecular formula is C31H34F2N2O4S. The molecule has 1 aromatic heterocycles. The van der Waals surface area contributed by atoms with Crippen LogP contribution in [0.1, 0.15) is 57.7 Å². The van der Waals surface area contributed by atoms with Crippen molar-refractivity contribution in [2.75, 3.05) is 5.32 Å². The van der Waals surface area contributed by atoms with Gasteiger partial charge in [-0.2, -0.15) is 0 Å². The zero-order valence-electron chi connectivity index (χ0n) is 22.8. The van der Waals surface area contributed by atoms with Crippen LogP contribution in [0.15, 0.2) is 53.4 Å². The minimum atomic E-state index is -1.97. The summed E-state index contributed by atoms with van der Waals surface area (Å²) in [6.45, 7) is 5.66. The van der Waals surface area contributed by atoms with E-state index in [9.17, 15) is 24.2 Å².